The van der Waals surface area contributed by atoms with E-state index < -0.39 is 5.54 Å². The summed E-state index contributed by atoms with van der Waals surface area (Å²) in [4.78, 5) is 32.0. The van der Waals surface area contributed by atoms with Crippen LogP contribution in [-0.4, -0.2) is 63.9 Å². The van der Waals surface area contributed by atoms with Crippen molar-refractivity contribution in [1.82, 2.24) is 19.7 Å². The van der Waals surface area contributed by atoms with Crippen LogP contribution in [0.15, 0.2) is 22.8 Å². The van der Waals surface area contributed by atoms with Crippen molar-refractivity contribution in [3.05, 3.63) is 24.1 Å². The van der Waals surface area contributed by atoms with E-state index in [2.05, 4.69) is 10.2 Å². The summed E-state index contributed by atoms with van der Waals surface area (Å²) in [6.45, 7) is 6.28. The molecule has 5 rings (SSSR count). The number of fused-ring (bicyclic) bond motifs is 3. The number of carbonyl (C=O) groups excluding carboxylic acids is 2. The Morgan fingerprint density at radius 1 is 1.06 bits per heavy atom. The molecule has 4 heterocycles. The number of carbonyl (C=O) groups is 2. The second kappa shape index (κ2) is 10.1. The molecule has 2 aromatic heterocycles. The highest BCUT2D eigenvalue weighted by atomic mass is 16.3. The molecule has 3 aliphatic rings. The van der Waals surface area contributed by atoms with Gasteiger partial charge in [0.15, 0.2) is 5.58 Å². The van der Waals surface area contributed by atoms with E-state index in [1.807, 2.05) is 28.5 Å². The van der Waals surface area contributed by atoms with E-state index in [-0.39, 0.29) is 17.9 Å². The smallest absolute Gasteiger partial charge is 0.271 e. The van der Waals surface area contributed by atoms with Crippen LogP contribution in [0.4, 0.5) is 0 Å². The van der Waals surface area contributed by atoms with Crippen molar-refractivity contribution in [2.45, 2.75) is 95.7 Å². The third-order valence-corrected chi connectivity index (χ3v) is 8.28. The molecule has 1 saturated heterocycles. The molecule has 1 N–H and O–H groups in total. The zero-order valence-electron chi connectivity index (χ0n) is 20.7. The van der Waals surface area contributed by atoms with Crippen LogP contribution in [0.1, 0.15) is 88.0 Å². The summed E-state index contributed by atoms with van der Waals surface area (Å²) in [5.41, 5.74) is 1.31. The topological polar surface area (TPSA) is 70.7 Å². The summed E-state index contributed by atoms with van der Waals surface area (Å²) in [6.07, 6.45) is 14.6. The molecule has 7 nitrogen and oxygen atoms in total. The summed E-state index contributed by atoms with van der Waals surface area (Å²) in [5.74, 6) is -0.0769. The van der Waals surface area contributed by atoms with Gasteiger partial charge in [-0.3, -0.25) is 9.59 Å². The zero-order chi connectivity index (χ0) is 23.5. The van der Waals surface area contributed by atoms with Crippen molar-refractivity contribution < 1.29 is 14.0 Å². The van der Waals surface area contributed by atoms with Crippen LogP contribution in [0.2, 0.25) is 0 Å². The molecule has 7 heteroatoms. The van der Waals surface area contributed by atoms with E-state index in [9.17, 15) is 9.59 Å². The lowest BCUT2D eigenvalue weighted by atomic mass is 9.92. The van der Waals surface area contributed by atoms with Gasteiger partial charge in [0.05, 0.1) is 18.3 Å². The lowest BCUT2D eigenvalue weighted by Crippen LogP contribution is -2.65. The maximum atomic E-state index is 13.9. The average molecular weight is 469 g/mol. The summed E-state index contributed by atoms with van der Waals surface area (Å²) < 4.78 is 7.58. The van der Waals surface area contributed by atoms with Gasteiger partial charge in [0.2, 0.25) is 5.91 Å². The molecule has 2 aromatic rings. The zero-order valence-corrected chi connectivity index (χ0v) is 20.7. The van der Waals surface area contributed by atoms with Crippen LogP contribution in [-0.2, 0) is 11.3 Å². The van der Waals surface area contributed by atoms with Gasteiger partial charge in [-0.15, -0.1) is 0 Å². The van der Waals surface area contributed by atoms with Gasteiger partial charge < -0.3 is 24.1 Å². The van der Waals surface area contributed by atoms with E-state index >= 15 is 0 Å². The van der Waals surface area contributed by atoms with Crippen molar-refractivity contribution in [2.24, 2.45) is 0 Å². The number of rotatable bonds is 6. The van der Waals surface area contributed by atoms with Gasteiger partial charge in [0.25, 0.3) is 5.91 Å². The van der Waals surface area contributed by atoms with Gasteiger partial charge in [0, 0.05) is 24.7 Å². The largest absolute Gasteiger partial charge is 0.463 e. The third-order valence-electron chi connectivity index (χ3n) is 8.28. The van der Waals surface area contributed by atoms with Crippen LogP contribution in [0, 0.1) is 0 Å². The summed E-state index contributed by atoms with van der Waals surface area (Å²) in [7, 11) is 0. The fraction of sp³-hybridized carbons (Fsp3) is 0.704. The molecule has 0 aromatic carbocycles. The maximum Gasteiger partial charge on any atom is 0.271 e. The van der Waals surface area contributed by atoms with E-state index in [4.69, 9.17) is 4.42 Å². The summed E-state index contributed by atoms with van der Waals surface area (Å²) >= 11 is 0. The van der Waals surface area contributed by atoms with Gasteiger partial charge in [0.1, 0.15) is 11.2 Å². The van der Waals surface area contributed by atoms with E-state index in [1.165, 1.54) is 38.5 Å². The molecule has 34 heavy (non-hydrogen) atoms. The predicted octanol–water partition coefficient (Wildman–Crippen LogP) is 4.55. The molecule has 0 radical (unpaired) electrons. The first kappa shape index (κ1) is 23.5. The van der Waals surface area contributed by atoms with Crippen LogP contribution in [0.5, 0.6) is 0 Å². The molecule has 2 amide bonds. The van der Waals surface area contributed by atoms with E-state index in [0.717, 1.165) is 57.3 Å². The summed E-state index contributed by atoms with van der Waals surface area (Å²) in [5, 5.41) is 3.37. The number of nitrogens with one attached hydrogen (secondary N) is 1. The lowest BCUT2D eigenvalue weighted by molar-refractivity contribution is -0.133. The highest BCUT2D eigenvalue weighted by Crippen LogP contribution is 2.33. The van der Waals surface area contributed by atoms with Crippen molar-refractivity contribution in [3.8, 4) is 0 Å². The molecule has 0 bridgehead atoms. The molecule has 1 aliphatic carbocycles. The molecule has 2 fully saturated rings. The number of piperidine rings is 1. The Morgan fingerprint density at radius 2 is 1.76 bits per heavy atom. The number of aromatic nitrogens is 1. The van der Waals surface area contributed by atoms with Crippen molar-refractivity contribution >= 4 is 22.9 Å². The minimum Gasteiger partial charge on any atom is -0.463 e. The Balaban J connectivity index is 1.36. The number of likely N-dealkylation sites (tertiary alicyclic amines) is 1. The van der Waals surface area contributed by atoms with Crippen LogP contribution >= 0.6 is 0 Å². The van der Waals surface area contributed by atoms with Crippen molar-refractivity contribution in [3.63, 3.8) is 0 Å². The molecule has 1 saturated carbocycles. The average Bonchev–Trinajstić information content (AvgIpc) is 3.41. The Hall–Kier alpha value is -2.28. The minimum absolute atomic E-state index is 0.0135. The Bertz CT molecular complexity index is 997. The fourth-order valence-electron chi connectivity index (χ4n) is 6.20. The minimum atomic E-state index is -0.919. The molecular weight excluding hydrogens is 428 g/mol. The van der Waals surface area contributed by atoms with Gasteiger partial charge in [-0.05, 0) is 58.7 Å². The number of hydrogen-bond acceptors (Lipinski definition) is 4. The molecule has 0 spiro atoms. The Kier molecular flexibility index (Phi) is 7.00. The monoisotopic (exact) mass is 468 g/mol. The number of amides is 2. The molecule has 1 unspecified atom stereocenters. The van der Waals surface area contributed by atoms with Crippen LogP contribution in [0.25, 0.3) is 11.1 Å². The molecule has 186 valence electrons. The van der Waals surface area contributed by atoms with Crippen molar-refractivity contribution in [2.75, 3.05) is 26.2 Å². The van der Waals surface area contributed by atoms with Crippen molar-refractivity contribution in [1.29, 1.82) is 0 Å². The number of furan rings is 1. The number of nitrogens with zero attached hydrogens (tertiary/aromatic N) is 3. The van der Waals surface area contributed by atoms with Crippen LogP contribution < -0.4 is 5.32 Å². The normalized spacial score (nSPS) is 25.2. The second-order valence-electron chi connectivity index (χ2n) is 10.8. The number of hydrogen-bond donors (Lipinski definition) is 1. The van der Waals surface area contributed by atoms with E-state index in [1.54, 1.807) is 6.26 Å². The van der Waals surface area contributed by atoms with E-state index in [0.29, 0.717) is 24.4 Å². The quantitative estimate of drug-likeness (QED) is 0.675. The van der Waals surface area contributed by atoms with Gasteiger partial charge in [-0.25, -0.2) is 0 Å². The standard InChI is InChI=1S/C27H40N4O3/c1-27(26(33)28-21-11-6-3-2-4-7-12-21)20-30-22-13-18-34-24(22)19-23(30)25(32)31(27)17-10-16-29-14-8-5-9-15-29/h13,18-19,21H,2-12,14-17,20H2,1H3,(H,28,33). The van der Waals surface area contributed by atoms with Gasteiger partial charge in [-0.2, -0.15) is 0 Å². The second-order valence-corrected chi connectivity index (χ2v) is 10.8. The SMILES string of the molecule is CC1(C(=O)NC2CCCCCCC2)Cn2c(cc3occc32)C(=O)N1CCCN1CCCCC1. The van der Waals surface area contributed by atoms with Gasteiger partial charge in [-0.1, -0.05) is 38.5 Å². The van der Waals surface area contributed by atoms with Crippen LogP contribution in [0.3, 0.4) is 0 Å². The predicted molar refractivity (Wildman–Crippen MR) is 133 cm³/mol. The fourth-order valence-corrected chi connectivity index (χ4v) is 6.20. The first-order valence-corrected chi connectivity index (χ1v) is 13.5. The Morgan fingerprint density at radius 3 is 2.53 bits per heavy atom. The molecule has 1 atom stereocenters. The maximum absolute atomic E-state index is 13.9. The lowest BCUT2D eigenvalue weighted by Gasteiger charge is -2.45. The first-order chi connectivity index (χ1) is 16.6. The Labute approximate surface area is 202 Å². The molecule has 2 aliphatic heterocycles. The molecular formula is C27H40N4O3. The highest BCUT2D eigenvalue weighted by molar-refractivity contribution is 6.02. The third kappa shape index (κ3) is 4.64. The summed E-state index contributed by atoms with van der Waals surface area (Å²) in [6, 6.07) is 3.93. The first-order valence-electron chi connectivity index (χ1n) is 13.5. The van der Waals surface area contributed by atoms with Gasteiger partial charge >= 0.3 is 0 Å². The highest BCUT2D eigenvalue weighted by Gasteiger charge is 2.48.